The van der Waals surface area contributed by atoms with E-state index in [-0.39, 0.29) is 11.5 Å². The molecule has 2 heteroatoms. The van der Waals surface area contributed by atoms with Crippen molar-refractivity contribution in [2.75, 3.05) is 0 Å². The normalized spacial score (nSPS) is 10.3. The van der Waals surface area contributed by atoms with E-state index in [0.717, 1.165) is 33.4 Å². The molecule has 0 radical (unpaired) electrons. The second-order valence-corrected chi connectivity index (χ2v) is 5.02. The Morgan fingerprint density at radius 3 is 1.40 bits per heavy atom. The lowest BCUT2D eigenvalue weighted by Gasteiger charge is -2.10. The molecule has 2 aromatic carbocycles. The van der Waals surface area contributed by atoms with Crippen LogP contribution in [0.15, 0.2) is 49.6 Å². The summed E-state index contributed by atoms with van der Waals surface area (Å²) in [4.78, 5) is 0. The minimum atomic E-state index is 0.222. The highest BCUT2D eigenvalue weighted by Gasteiger charge is 2.08. The van der Waals surface area contributed by atoms with Crippen LogP contribution >= 0.6 is 0 Å². The number of aromatic hydroxyl groups is 2. The van der Waals surface area contributed by atoms with Gasteiger partial charge in [0.1, 0.15) is 11.5 Å². The van der Waals surface area contributed by atoms with Gasteiger partial charge in [-0.15, -0.1) is 0 Å². The van der Waals surface area contributed by atoms with Crippen LogP contribution in [0.2, 0.25) is 0 Å². The van der Waals surface area contributed by atoms with Gasteiger partial charge in [0, 0.05) is 11.1 Å². The average molecular weight is 266 g/mol. The maximum absolute atomic E-state index is 9.82. The van der Waals surface area contributed by atoms with Gasteiger partial charge in [0.05, 0.1) is 0 Å². The van der Waals surface area contributed by atoms with Gasteiger partial charge in [-0.25, -0.2) is 0 Å². The average Bonchev–Trinajstić information content (AvgIpc) is 2.39. The summed E-state index contributed by atoms with van der Waals surface area (Å²) in [7, 11) is 0. The zero-order chi connectivity index (χ0) is 14.9. The largest absolute Gasteiger partial charge is 0.507 e. The Hall–Kier alpha value is -2.48. The van der Waals surface area contributed by atoms with E-state index in [1.54, 1.807) is 12.1 Å². The number of hydrogen-bond acceptors (Lipinski definition) is 2. The van der Waals surface area contributed by atoms with Gasteiger partial charge in [0.25, 0.3) is 0 Å². The third-order valence-electron chi connectivity index (χ3n) is 3.25. The first-order chi connectivity index (χ1) is 9.40. The maximum atomic E-state index is 9.82. The van der Waals surface area contributed by atoms with Crippen molar-refractivity contribution < 1.29 is 10.2 Å². The summed E-state index contributed by atoms with van der Waals surface area (Å²) in [6.07, 6.45) is 0. The van der Waals surface area contributed by atoms with Crippen molar-refractivity contribution in [3.63, 3.8) is 0 Å². The fourth-order valence-corrected chi connectivity index (χ4v) is 2.11. The molecule has 0 amide bonds. The highest BCUT2D eigenvalue weighted by molar-refractivity contribution is 5.78. The predicted molar refractivity (Wildman–Crippen MR) is 84.6 cm³/mol. The van der Waals surface area contributed by atoms with Crippen molar-refractivity contribution >= 4 is 11.1 Å². The summed E-state index contributed by atoms with van der Waals surface area (Å²) in [6.45, 7) is 11.4. The van der Waals surface area contributed by atoms with Gasteiger partial charge >= 0.3 is 0 Å². The molecule has 0 spiro atoms. The van der Waals surface area contributed by atoms with E-state index in [9.17, 15) is 10.2 Å². The third-order valence-corrected chi connectivity index (χ3v) is 3.25. The number of rotatable bonds is 3. The highest BCUT2D eigenvalue weighted by Crippen LogP contribution is 2.33. The number of phenols is 2. The fraction of sp³-hybridized carbons (Fsp3) is 0.111. The molecule has 0 aliphatic carbocycles. The summed E-state index contributed by atoms with van der Waals surface area (Å²) < 4.78 is 0. The van der Waals surface area contributed by atoms with Crippen molar-refractivity contribution in [3.8, 4) is 22.6 Å². The van der Waals surface area contributed by atoms with Crippen LogP contribution in [0.3, 0.4) is 0 Å². The van der Waals surface area contributed by atoms with E-state index < -0.39 is 0 Å². The molecule has 0 saturated heterocycles. The Labute approximate surface area is 119 Å². The van der Waals surface area contributed by atoms with Gasteiger partial charge in [-0.1, -0.05) is 25.3 Å². The summed E-state index contributed by atoms with van der Waals surface area (Å²) in [6, 6.07) is 10.8. The zero-order valence-electron chi connectivity index (χ0n) is 11.8. The molecule has 0 unspecified atom stereocenters. The van der Waals surface area contributed by atoms with Crippen LogP contribution in [0.1, 0.15) is 25.0 Å². The first-order valence-electron chi connectivity index (χ1n) is 6.38. The molecule has 0 aliphatic rings. The van der Waals surface area contributed by atoms with Crippen LogP contribution in [-0.2, 0) is 0 Å². The summed E-state index contributed by atoms with van der Waals surface area (Å²) >= 11 is 0. The van der Waals surface area contributed by atoms with Crippen molar-refractivity contribution in [2.45, 2.75) is 13.8 Å². The molecule has 2 aromatic rings. The summed E-state index contributed by atoms with van der Waals surface area (Å²) in [5.41, 5.74) is 5.00. The van der Waals surface area contributed by atoms with Crippen LogP contribution in [0.5, 0.6) is 11.5 Å². The molecule has 0 aromatic heterocycles. The molecule has 2 rings (SSSR count). The second-order valence-electron chi connectivity index (χ2n) is 5.02. The molecule has 2 N–H and O–H groups in total. The van der Waals surface area contributed by atoms with Crippen molar-refractivity contribution in [2.24, 2.45) is 0 Å². The SMILES string of the molecule is C=C(C)c1cc(-c2ccc(O)c(C(=C)C)c2)ccc1O. The lowest BCUT2D eigenvalue weighted by molar-refractivity contribution is 0.473. The Bertz CT molecular complexity index is 635. The van der Waals surface area contributed by atoms with Gasteiger partial charge in [-0.05, 0) is 60.4 Å². The smallest absolute Gasteiger partial charge is 0.123 e. The lowest BCUT2D eigenvalue weighted by atomic mass is 9.96. The highest BCUT2D eigenvalue weighted by atomic mass is 16.3. The summed E-state index contributed by atoms with van der Waals surface area (Å²) in [5, 5.41) is 19.6. The van der Waals surface area contributed by atoms with Gasteiger partial charge < -0.3 is 10.2 Å². The first kappa shape index (κ1) is 13.9. The molecule has 0 bridgehead atoms. The van der Waals surface area contributed by atoms with Gasteiger partial charge in [-0.3, -0.25) is 0 Å². The van der Waals surface area contributed by atoms with E-state index in [0.29, 0.717) is 0 Å². The van der Waals surface area contributed by atoms with Crippen LogP contribution in [0.25, 0.3) is 22.3 Å². The molecule has 0 fully saturated rings. The van der Waals surface area contributed by atoms with E-state index in [1.807, 2.05) is 38.1 Å². The molecule has 0 aliphatic heterocycles. The van der Waals surface area contributed by atoms with Crippen LogP contribution in [0.4, 0.5) is 0 Å². The standard InChI is InChI=1S/C18H18O2/c1-11(2)15-9-13(5-7-17(15)19)14-6-8-18(20)16(10-14)12(3)4/h5-10,19-20H,1,3H2,2,4H3. The lowest BCUT2D eigenvalue weighted by Crippen LogP contribution is -1.86. The minimum absolute atomic E-state index is 0.222. The first-order valence-corrected chi connectivity index (χ1v) is 6.38. The molecule has 102 valence electrons. The van der Waals surface area contributed by atoms with E-state index >= 15 is 0 Å². The number of benzene rings is 2. The van der Waals surface area contributed by atoms with Gasteiger partial charge in [0.2, 0.25) is 0 Å². The molecular formula is C18H18O2. The van der Waals surface area contributed by atoms with Crippen molar-refractivity contribution in [3.05, 3.63) is 60.7 Å². The molecule has 2 nitrogen and oxygen atoms in total. The fourth-order valence-electron chi connectivity index (χ4n) is 2.11. The molecule has 0 atom stereocenters. The second kappa shape index (κ2) is 5.25. The number of phenolic OH excluding ortho intramolecular Hbond substituents is 2. The van der Waals surface area contributed by atoms with Crippen molar-refractivity contribution in [1.29, 1.82) is 0 Å². The Morgan fingerprint density at radius 2 is 1.10 bits per heavy atom. The molecule has 0 heterocycles. The van der Waals surface area contributed by atoms with E-state index in [2.05, 4.69) is 13.2 Å². The minimum Gasteiger partial charge on any atom is -0.507 e. The zero-order valence-corrected chi connectivity index (χ0v) is 11.8. The number of hydrogen-bond donors (Lipinski definition) is 2. The van der Waals surface area contributed by atoms with Crippen LogP contribution in [-0.4, -0.2) is 10.2 Å². The van der Waals surface area contributed by atoms with Crippen LogP contribution in [0, 0.1) is 0 Å². The molecular weight excluding hydrogens is 248 g/mol. The quantitative estimate of drug-likeness (QED) is 0.835. The summed E-state index contributed by atoms with van der Waals surface area (Å²) in [5.74, 6) is 0.445. The monoisotopic (exact) mass is 266 g/mol. The van der Waals surface area contributed by atoms with Crippen LogP contribution < -0.4 is 0 Å². The predicted octanol–water partition coefficient (Wildman–Crippen LogP) is 4.83. The van der Waals surface area contributed by atoms with Crippen molar-refractivity contribution in [1.82, 2.24) is 0 Å². The number of allylic oxidation sites excluding steroid dienone is 2. The third kappa shape index (κ3) is 2.59. The van der Waals surface area contributed by atoms with Gasteiger partial charge in [0.15, 0.2) is 0 Å². The van der Waals surface area contributed by atoms with E-state index in [4.69, 9.17) is 0 Å². The Balaban J connectivity index is 2.57. The molecule has 20 heavy (non-hydrogen) atoms. The van der Waals surface area contributed by atoms with Gasteiger partial charge in [-0.2, -0.15) is 0 Å². The maximum Gasteiger partial charge on any atom is 0.123 e. The Kier molecular flexibility index (Phi) is 3.66. The molecule has 0 saturated carbocycles. The van der Waals surface area contributed by atoms with E-state index in [1.165, 1.54) is 0 Å². The Morgan fingerprint density at radius 1 is 0.750 bits per heavy atom. The topological polar surface area (TPSA) is 40.5 Å².